The van der Waals surface area contributed by atoms with Crippen molar-refractivity contribution in [3.8, 4) is 0 Å². The molecule has 5 nitrogen and oxygen atoms in total. The first kappa shape index (κ1) is 22.2. The van der Waals surface area contributed by atoms with Gasteiger partial charge in [0.1, 0.15) is 0 Å². The highest BCUT2D eigenvalue weighted by Crippen LogP contribution is 2.35. The standard InChI is InChI=1S/C17H35NO4S2/c1-14(2)16-8-7-15(3)13-17(16)22-11-6-4-5-9-18-10-12-23-24(19,20)21/h14-18H,4-13H2,1-3H3,(H,19,20,21)/t15-,16+,17-/m1/s1. The maximum Gasteiger partial charge on any atom is 0.319 e. The first-order valence-corrected chi connectivity index (χ1v) is 12.2. The quantitative estimate of drug-likeness (QED) is 0.304. The van der Waals surface area contributed by atoms with Crippen molar-refractivity contribution < 1.29 is 17.7 Å². The summed E-state index contributed by atoms with van der Waals surface area (Å²) in [5, 5.41) is 3.19. The highest BCUT2D eigenvalue weighted by molar-refractivity contribution is 8.69. The van der Waals surface area contributed by atoms with E-state index in [0.29, 0.717) is 41.0 Å². The first-order valence-electron chi connectivity index (χ1n) is 9.23. The first-order chi connectivity index (χ1) is 11.3. The van der Waals surface area contributed by atoms with Gasteiger partial charge in [-0.05, 0) is 67.2 Å². The lowest BCUT2D eigenvalue weighted by molar-refractivity contribution is -0.0394. The van der Waals surface area contributed by atoms with Crippen LogP contribution in [0, 0.1) is 17.8 Å². The minimum Gasteiger partial charge on any atom is -0.378 e. The van der Waals surface area contributed by atoms with Gasteiger partial charge in [0, 0.05) is 18.9 Å². The Labute approximate surface area is 151 Å². The summed E-state index contributed by atoms with van der Waals surface area (Å²) in [6, 6.07) is 0. The average Bonchev–Trinajstić information content (AvgIpc) is 2.47. The molecule has 1 rings (SSSR count). The predicted molar refractivity (Wildman–Crippen MR) is 102 cm³/mol. The third kappa shape index (κ3) is 10.2. The van der Waals surface area contributed by atoms with Crippen LogP contribution < -0.4 is 5.32 Å². The van der Waals surface area contributed by atoms with Crippen LogP contribution in [0.15, 0.2) is 0 Å². The van der Waals surface area contributed by atoms with E-state index in [9.17, 15) is 8.42 Å². The molecule has 0 aromatic rings. The Balaban J connectivity index is 2.01. The predicted octanol–water partition coefficient (Wildman–Crippen LogP) is 3.76. The molecule has 0 aromatic carbocycles. The van der Waals surface area contributed by atoms with Crippen LogP contribution >= 0.6 is 10.8 Å². The Morgan fingerprint density at radius 1 is 1.21 bits per heavy atom. The Morgan fingerprint density at radius 2 is 1.96 bits per heavy atom. The van der Waals surface area contributed by atoms with E-state index in [-0.39, 0.29) is 0 Å². The molecule has 0 heterocycles. The molecule has 0 aromatic heterocycles. The molecule has 0 saturated heterocycles. The highest BCUT2D eigenvalue weighted by atomic mass is 33.1. The van der Waals surface area contributed by atoms with Crippen molar-refractivity contribution in [3.05, 3.63) is 0 Å². The summed E-state index contributed by atoms with van der Waals surface area (Å²) in [4.78, 5) is 0. The number of hydrogen-bond acceptors (Lipinski definition) is 5. The molecule has 0 amide bonds. The second-order valence-electron chi connectivity index (χ2n) is 7.30. The molecule has 2 N–H and O–H groups in total. The molecule has 0 bridgehead atoms. The molecular weight excluding hydrogens is 346 g/mol. The third-order valence-electron chi connectivity index (χ3n) is 4.80. The Bertz CT molecular complexity index is 428. The SMILES string of the molecule is CC(C)[C@@H]1CC[C@@H](C)C[C@H]1OCCCCCNCCSS(=O)(=O)O. The summed E-state index contributed by atoms with van der Waals surface area (Å²) in [7, 11) is -3.33. The topological polar surface area (TPSA) is 75.6 Å². The van der Waals surface area contributed by atoms with Gasteiger partial charge in [0.15, 0.2) is 0 Å². The van der Waals surface area contributed by atoms with E-state index in [1.54, 1.807) is 0 Å². The van der Waals surface area contributed by atoms with Gasteiger partial charge in [0.2, 0.25) is 0 Å². The van der Waals surface area contributed by atoms with Crippen molar-refractivity contribution in [2.24, 2.45) is 17.8 Å². The molecule has 144 valence electrons. The van der Waals surface area contributed by atoms with Crippen LogP contribution in [0.25, 0.3) is 0 Å². The summed E-state index contributed by atoms with van der Waals surface area (Å²) in [6.07, 6.45) is 7.54. The fraction of sp³-hybridized carbons (Fsp3) is 1.00. The van der Waals surface area contributed by atoms with Crippen molar-refractivity contribution in [2.75, 3.05) is 25.4 Å². The van der Waals surface area contributed by atoms with E-state index in [0.717, 1.165) is 38.3 Å². The van der Waals surface area contributed by atoms with Crippen LogP contribution in [0.1, 0.15) is 59.3 Å². The maximum atomic E-state index is 10.5. The number of nitrogens with one attached hydrogen (secondary N) is 1. The molecule has 1 fully saturated rings. The Kier molecular flexibility index (Phi) is 10.9. The minimum atomic E-state index is -3.89. The molecule has 3 atom stereocenters. The lowest BCUT2D eigenvalue weighted by Gasteiger charge is -2.37. The summed E-state index contributed by atoms with van der Waals surface area (Å²) in [5.41, 5.74) is 0. The molecule has 1 aliphatic rings. The van der Waals surface area contributed by atoms with Crippen LogP contribution in [0.5, 0.6) is 0 Å². The van der Waals surface area contributed by atoms with Crippen molar-refractivity contribution >= 4 is 19.9 Å². The van der Waals surface area contributed by atoms with Gasteiger partial charge in [-0.25, -0.2) is 0 Å². The van der Waals surface area contributed by atoms with Gasteiger partial charge in [0.05, 0.1) is 6.10 Å². The van der Waals surface area contributed by atoms with Crippen molar-refractivity contribution in [1.82, 2.24) is 5.32 Å². The molecule has 7 heteroatoms. The van der Waals surface area contributed by atoms with Crippen LogP contribution in [0.2, 0.25) is 0 Å². The zero-order valence-electron chi connectivity index (χ0n) is 15.4. The molecule has 0 unspecified atom stereocenters. The zero-order chi connectivity index (χ0) is 18.0. The summed E-state index contributed by atoms with van der Waals surface area (Å²) < 4.78 is 35.8. The molecule has 1 aliphatic carbocycles. The van der Waals surface area contributed by atoms with E-state index in [4.69, 9.17) is 9.29 Å². The summed E-state index contributed by atoms with van der Waals surface area (Å²) in [6.45, 7) is 9.27. The molecule has 0 aliphatic heterocycles. The van der Waals surface area contributed by atoms with Gasteiger partial charge in [-0.15, -0.1) is 0 Å². The smallest absolute Gasteiger partial charge is 0.319 e. The second-order valence-corrected chi connectivity index (χ2v) is 10.8. The molecule has 0 spiro atoms. The zero-order valence-corrected chi connectivity index (χ0v) is 17.0. The van der Waals surface area contributed by atoms with Gasteiger partial charge >= 0.3 is 9.15 Å². The lowest BCUT2D eigenvalue weighted by atomic mass is 9.75. The fourth-order valence-electron chi connectivity index (χ4n) is 3.41. The number of hydrogen-bond donors (Lipinski definition) is 2. The van der Waals surface area contributed by atoms with Gasteiger partial charge in [-0.1, -0.05) is 27.2 Å². The largest absolute Gasteiger partial charge is 0.378 e. The average molecular weight is 382 g/mol. The summed E-state index contributed by atoms with van der Waals surface area (Å²) in [5.74, 6) is 2.57. The normalized spacial score (nSPS) is 25.3. The lowest BCUT2D eigenvalue weighted by Crippen LogP contribution is -2.34. The Morgan fingerprint density at radius 3 is 2.62 bits per heavy atom. The van der Waals surface area contributed by atoms with E-state index in [2.05, 4.69) is 26.1 Å². The molecular formula is C17H35NO4S2. The van der Waals surface area contributed by atoms with Crippen molar-refractivity contribution in [2.45, 2.75) is 65.4 Å². The van der Waals surface area contributed by atoms with Gasteiger partial charge in [0.25, 0.3) is 0 Å². The van der Waals surface area contributed by atoms with Crippen molar-refractivity contribution in [3.63, 3.8) is 0 Å². The van der Waals surface area contributed by atoms with E-state index >= 15 is 0 Å². The van der Waals surface area contributed by atoms with Gasteiger partial charge < -0.3 is 10.1 Å². The highest BCUT2D eigenvalue weighted by Gasteiger charge is 2.31. The van der Waals surface area contributed by atoms with Gasteiger partial charge in [-0.3, -0.25) is 4.55 Å². The maximum absolute atomic E-state index is 10.5. The molecule has 0 radical (unpaired) electrons. The third-order valence-corrected chi connectivity index (χ3v) is 6.86. The van der Waals surface area contributed by atoms with E-state index < -0.39 is 9.15 Å². The number of unbranched alkanes of at least 4 members (excludes halogenated alkanes) is 2. The number of ether oxygens (including phenoxy) is 1. The molecule has 1 saturated carbocycles. The van der Waals surface area contributed by atoms with Crippen LogP contribution in [-0.4, -0.2) is 44.5 Å². The Hall–Kier alpha value is 0.180. The van der Waals surface area contributed by atoms with Crippen LogP contribution in [0.4, 0.5) is 0 Å². The monoisotopic (exact) mass is 381 g/mol. The molecule has 24 heavy (non-hydrogen) atoms. The van der Waals surface area contributed by atoms with Crippen LogP contribution in [-0.2, 0) is 13.9 Å². The van der Waals surface area contributed by atoms with E-state index in [1.165, 1.54) is 19.3 Å². The minimum absolute atomic E-state index is 0.373. The van der Waals surface area contributed by atoms with Crippen LogP contribution in [0.3, 0.4) is 0 Å². The number of rotatable bonds is 12. The second kappa shape index (κ2) is 11.7. The fourth-order valence-corrected chi connectivity index (χ4v) is 4.73. The van der Waals surface area contributed by atoms with Crippen molar-refractivity contribution in [1.29, 1.82) is 0 Å². The van der Waals surface area contributed by atoms with E-state index in [1.807, 2.05) is 0 Å². The van der Waals surface area contributed by atoms with Gasteiger partial charge in [-0.2, -0.15) is 8.42 Å². The summed E-state index contributed by atoms with van der Waals surface area (Å²) >= 11 is 0.